The Bertz CT molecular complexity index is 564. The number of hydrogen-bond acceptors (Lipinski definition) is 6. The minimum atomic E-state index is 0.317. The maximum absolute atomic E-state index is 5.37. The van der Waals surface area contributed by atoms with Gasteiger partial charge in [0.15, 0.2) is 0 Å². The van der Waals surface area contributed by atoms with E-state index in [-0.39, 0.29) is 0 Å². The van der Waals surface area contributed by atoms with Crippen molar-refractivity contribution in [3.05, 3.63) is 29.8 Å². The molecule has 1 aromatic heterocycles. The van der Waals surface area contributed by atoms with Crippen LogP contribution in [0.2, 0.25) is 0 Å². The zero-order valence-electron chi connectivity index (χ0n) is 12.7. The largest absolute Gasteiger partial charge is 0.464 e. The fraction of sp³-hybridized carbons (Fsp3) is 0.400. The van der Waals surface area contributed by atoms with E-state index < -0.39 is 0 Å². The number of aromatic nitrogens is 3. The van der Waals surface area contributed by atoms with Crippen LogP contribution in [0, 0.1) is 0 Å². The summed E-state index contributed by atoms with van der Waals surface area (Å²) in [5.74, 6) is 0.975. The first-order valence-electron chi connectivity index (χ1n) is 7.23. The second kappa shape index (κ2) is 7.42. The SMILES string of the molecule is CCNc1nc(Nc2cccc(CC)c2)nc(OCC)n1. The predicted octanol–water partition coefficient (Wildman–Crippen LogP) is 3.01. The summed E-state index contributed by atoms with van der Waals surface area (Å²) in [4.78, 5) is 12.8. The molecule has 0 aliphatic carbocycles. The molecule has 6 heteroatoms. The first kappa shape index (κ1) is 15.0. The average molecular weight is 287 g/mol. The lowest BCUT2D eigenvalue weighted by Gasteiger charge is -2.10. The topological polar surface area (TPSA) is 72.0 Å². The summed E-state index contributed by atoms with van der Waals surface area (Å²) in [6.45, 7) is 7.26. The molecule has 21 heavy (non-hydrogen) atoms. The summed E-state index contributed by atoms with van der Waals surface area (Å²) < 4.78 is 5.37. The Hall–Kier alpha value is -2.37. The number of anilines is 3. The smallest absolute Gasteiger partial charge is 0.323 e. The minimum Gasteiger partial charge on any atom is -0.464 e. The van der Waals surface area contributed by atoms with Gasteiger partial charge in [-0.05, 0) is 38.0 Å². The molecule has 2 N–H and O–H groups in total. The molecule has 0 amide bonds. The number of benzene rings is 1. The molecule has 0 radical (unpaired) electrons. The second-order valence-corrected chi connectivity index (χ2v) is 4.41. The first-order valence-corrected chi connectivity index (χ1v) is 7.23. The number of aryl methyl sites for hydroxylation is 1. The summed E-state index contributed by atoms with van der Waals surface area (Å²) in [7, 11) is 0. The standard InChI is InChI=1S/C15H21N5O/c1-4-11-8-7-9-12(10-11)17-14-18-13(16-5-2)19-15(20-14)21-6-3/h7-10H,4-6H2,1-3H3,(H2,16,17,18,19,20). The average Bonchev–Trinajstić information content (AvgIpc) is 2.48. The van der Waals surface area contributed by atoms with Gasteiger partial charge in [0.1, 0.15) is 0 Å². The number of ether oxygens (including phenoxy) is 1. The van der Waals surface area contributed by atoms with Crippen molar-refractivity contribution in [2.75, 3.05) is 23.8 Å². The van der Waals surface area contributed by atoms with Crippen LogP contribution in [-0.2, 0) is 6.42 Å². The molecule has 112 valence electrons. The van der Waals surface area contributed by atoms with Crippen molar-refractivity contribution in [2.45, 2.75) is 27.2 Å². The summed E-state index contributed by atoms with van der Waals surface area (Å²) in [6, 6.07) is 8.48. The van der Waals surface area contributed by atoms with E-state index in [1.165, 1.54) is 5.56 Å². The first-order chi connectivity index (χ1) is 10.2. The highest BCUT2D eigenvalue weighted by Crippen LogP contribution is 2.18. The Labute approximate surface area is 125 Å². The molecule has 0 spiro atoms. The van der Waals surface area contributed by atoms with Crippen molar-refractivity contribution in [3.63, 3.8) is 0 Å². The van der Waals surface area contributed by atoms with E-state index in [1.807, 2.05) is 26.0 Å². The normalized spacial score (nSPS) is 10.2. The molecule has 0 fully saturated rings. The maximum Gasteiger partial charge on any atom is 0.323 e. The number of rotatable bonds is 7. The van der Waals surface area contributed by atoms with Crippen LogP contribution in [-0.4, -0.2) is 28.1 Å². The molecule has 6 nitrogen and oxygen atoms in total. The van der Waals surface area contributed by atoms with E-state index >= 15 is 0 Å². The summed E-state index contributed by atoms with van der Waals surface area (Å²) >= 11 is 0. The highest BCUT2D eigenvalue weighted by molar-refractivity contribution is 5.55. The Morgan fingerprint density at radius 2 is 1.86 bits per heavy atom. The molecule has 0 saturated carbocycles. The van der Waals surface area contributed by atoms with Gasteiger partial charge in [0.25, 0.3) is 0 Å². The van der Waals surface area contributed by atoms with Crippen molar-refractivity contribution >= 4 is 17.6 Å². The minimum absolute atomic E-state index is 0.317. The van der Waals surface area contributed by atoms with Crippen molar-refractivity contribution in [1.29, 1.82) is 0 Å². The molecule has 0 aliphatic heterocycles. The van der Waals surface area contributed by atoms with Crippen molar-refractivity contribution in [3.8, 4) is 6.01 Å². The third-order valence-corrected chi connectivity index (χ3v) is 2.81. The van der Waals surface area contributed by atoms with Crippen molar-refractivity contribution in [1.82, 2.24) is 15.0 Å². The van der Waals surface area contributed by atoms with Crippen LogP contribution in [0.5, 0.6) is 6.01 Å². The Balaban J connectivity index is 2.24. The zero-order valence-corrected chi connectivity index (χ0v) is 12.7. The fourth-order valence-electron chi connectivity index (χ4n) is 1.84. The summed E-state index contributed by atoms with van der Waals surface area (Å²) in [6.07, 6.45) is 0.986. The van der Waals surface area contributed by atoms with Crippen LogP contribution >= 0.6 is 0 Å². The molecule has 0 unspecified atom stereocenters. The molecule has 2 rings (SSSR count). The molecular formula is C15H21N5O. The molecule has 2 aromatic rings. The van der Waals surface area contributed by atoms with E-state index in [4.69, 9.17) is 4.74 Å². The second-order valence-electron chi connectivity index (χ2n) is 4.41. The quantitative estimate of drug-likeness (QED) is 0.815. The van der Waals surface area contributed by atoms with Gasteiger partial charge >= 0.3 is 6.01 Å². The van der Waals surface area contributed by atoms with Crippen LogP contribution in [0.4, 0.5) is 17.6 Å². The van der Waals surface area contributed by atoms with E-state index in [1.54, 1.807) is 0 Å². The van der Waals surface area contributed by atoms with E-state index in [0.29, 0.717) is 24.5 Å². The van der Waals surface area contributed by atoms with Crippen molar-refractivity contribution < 1.29 is 4.74 Å². The molecule has 0 saturated heterocycles. The lowest BCUT2D eigenvalue weighted by Crippen LogP contribution is -2.09. The van der Waals surface area contributed by atoms with E-state index in [9.17, 15) is 0 Å². The van der Waals surface area contributed by atoms with Gasteiger partial charge in [-0.15, -0.1) is 0 Å². The lowest BCUT2D eigenvalue weighted by atomic mass is 10.1. The van der Waals surface area contributed by atoms with E-state index in [0.717, 1.165) is 18.7 Å². The predicted molar refractivity (Wildman–Crippen MR) is 84.3 cm³/mol. The Kier molecular flexibility index (Phi) is 5.31. The molecule has 1 aromatic carbocycles. The van der Waals surface area contributed by atoms with Gasteiger partial charge in [-0.3, -0.25) is 0 Å². The summed E-state index contributed by atoms with van der Waals surface area (Å²) in [5, 5.41) is 6.27. The van der Waals surface area contributed by atoms with Crippen LogP contribution in [0.15, 0.2) is 24.3 Å². The third kappa shape index (κ3) is 4.30. The van der Waals surface area contributed by atoms with Crippen molar-refractivity contribution in [2.24, 2.45) is 0 Å². The van der Waals surface area contributed by atoms with Gasteiger partial charge in [0.05, 0.1) is 6.61 Å². The van der Waals surface area contributed by atoms with Gasteiger partial charge < -0.3 is 15.4 Å². The molecule has 0 aliphatic rings. The van der Waals surface area contributed by atoms with Gasteiger partial charge in [-0.2, -0.15) is 15.0 Å². The third-order valence-electron chi connectivity index (χ3n) is 2.81. The van der Waals surface area contributed by atoms with Crippen LogP contribution < -0.4 is 15.4 Å². The van der Waals surface area contributed by atoms with Crippen LogP contribution in [0.3, 0.4) is 0 Å². The lowest BCUT2D eigenvalue weighted by molar-refractivity contribution is 0.312. The number of nitrogens with one attached hydrogen (secondary N) is 2. The maximum atomic E-state index is 5.37. The van der Waals surface area contributed by atoms with Gasteiger partial charge in [0, 0.05) is 12.2 Å². The zero-order chi connectivity index (χ0) is 15.1. The highest BCUT2D eigenvalue weighted by atomic mass is 16.5. The van der Waals surface area contributed by atoms with Gasteiger partial charge in [0.2, 0.25) is 11.9 Å². The Morgan fingerprint density at radius 1 is 1.05 bits per heavy atom. The number of nitrogens with zero attached hydrogens (tertiary/aromatic N) is 3. The van der Waals surface area contributed by atoms with Crippen LogP contribution in [0.25, 0.3) is 0 Å². The van der Waals surface area contributed by atoms with E-state index in [2.05, 4.69) is 44.6 Å². The van der Waals surface area contributed by atoms with Crippen LogP contribution in [0.1, 0.15) is 26.3 Å². The molecule has 1 heterocycles. The number of hydrogen-bond donors (Lipinski definition) is 2. The van der Waals surface area contributed by atoms with Gasteiger partial charge in [-0.1, -0.05) is 19.1 Å². The molecular weight excluding hydrogens is 266 g/mol. The monoisotopic (exact) mass is 287 g/mol. The summed E-state index contributed by atoms with van der Waals surface area (Å²) in [5.41, 5.74) is 2.21. The Morgan fingerprint density at radius 3 is 2.57 bits per heavy atom. The molecule has 0 bridgehead atoms. The highest BCUT2D eigenvalue weighted by Gasteiger charge is 2.07. The fourth-order valence-corrected chi connectivity index (χ4v) is 1.84. The van der Waals surface area contributed by atoms with Gasteiger partial charge in [-0.25, -0.2) is 0 Å². The molecule has 0 atom stereocenters.